The molecule has 0 aliphatic heterocycles. The zero-order valence-corrected chi connectivity index (χ0v) is 12.3. The van der Waals surface area contributed by atoms with E-state index in [1.54, 1.807) is 0 Å². The molecule has 1 nitrogen and oxygen atoms in total. The third kappa shape index (κ3) is 4.72. The van der Waals surface area contributed by atoms with Crippen molar-refractivity contribution in [2.24, 2.45) is 0 Å². The molecular formula is C15H25NS. The van der Waals surface area contributed by atoms with Gasteiger partial charge in [-0.3, -0.25) is 0 Å². The van der Waals surface area contributed by atoms with Crippen molar-refractivity contribution in [3.05, 3.63) is 35.4 Å². The molecule has 0 bridgehead atoms. The number of hydrogen-bond acceptors (Lipinski definition) is 2. The molecule has 1 atom stereocenters. The van der Waals surface area contributed by atoms with E-state index in [9.17, 15) is 0 Å². The third-order valence-electron chi connectivity index (χ3n) is 2.94. The van der Waals surface area contributed by atoms with Gasteiger partial charge in [0.05, 0.1) is 0 Å². The maximum absolute atomic E-state index is 3.56. The van der Waals surface area contributed by atoms with Gasteiger partial charge in [-0.25, -0.2) is 0 Å². The lowest BCUT2D eigenvalue weighted by molar-refractivity contribution is 0.605. The Kier molecular flexibility index (Phi) is 6.68. The van der Waals surface area contributed by atoms with E-state index < -0.39 is 0 Å². The summed E-state index contributed by atoms with van der Waals surface area (Å²) < 4.78 is 0. The molecule has 17 heavy (non-hydrogen) atoms. The summed E-state index contributed by atoms with van der Waals surface area (Å²) in [5, 5.41) is 3.56. The lowest BCUT2D eigenvalue weighted by Gasteiger charge is -2.18. The summed E-state index contributed by atoms with van der Waals surface area (Å²) in [6.45, 7) is 9.90. The molecule has 1 unspecified atom stereocenters. The molecule has 1 aromatic carbocycles. The number of thioether (sulfide) groups is 1. The van der Waals surface area contributed by atoms with Crippen molar-refractivity contribution in [1.29, 1.82) is 0 Å². The predicted molar refractivity (Wildman–Crippen MR) is 79.9 cm³/mol. The van der Waals surface area contributed by atoms with Gasteiger partial charge in [0.1, 0.15) is 0 Å². The van der Waals surface area contributed by atoms with Crippen LogP contribution in [0.5, 0.6) is 0 Å². The van der Waals surface area contributed by atoms with E-state index >= 15 is 0 Å². The highest BCUT2D eigenvalue weighted by atomic mass is 32.2. The Morgan fingerprint density at radius 3 is 2.12 bits per heavy atom. The van der Waals surface area contributed by atoms with Crippen molar-refractivity contribution in [3.63, 3.8) is 0 Å². The molecule has 0 amide bonds. The molecule has 0 aliphatic rings. The maximum Gasteiger partial charge on any atom is 0.0411 e. The van der Waals surface area contributed by atoms with Crippen LogP contribution >= 0.6 is 11.8 Å². The van der Waals surface area contributed by atoms with E-state index in [0.29, 0.717) is 12.0 Å². The molecule has 0 heterocycles. The van der Waals surface area contributed by atoms with E-state index in [2.05, 4.69) is 57.3 Å². The van der Waals surface area contributed by atoms with E-state index in [1.165, 1.54) is 16.9 Å². The van der Waals surface area contributed by atoms with E-state index in [1.807, 2.05) is 11.8 Å². The lowest BCUT2D eigenvalue weighted by atomic mass is 9.99. The molecular weight excluding hydrogens is 226 g/mol. The number of rotatable bonds is 7. The summed E-state index contributed by atoms with van der Waals surface area (Å²) in [4.78, 5) is 0. The SMILES string of the molecule is CCNC(CSCC)c1ccc(C(C)C)cc1. The maximum atomic E-state index is 3.56. The first-order valence-corrected chi connectivity index (χ1v) is 7.75. The van der Waals surface area contributed by atoms with E-state index in [0.717, 1.165) is 12.3 Å². The topological polar surface area (TPSA) is 12.0 Å². The van der Waals surface area contributed by atoms with Crippen LogP contribution in [-0.4, -0.2) is 18.1 Å². The number of hydrogen-bond donors (Lipinski definition) is 1. The predicted octanol–water partition coefficient (Wildman–Crippen LogP) is 4.21. The average Bonchev–Trinajstić information content (AvgIpc) is 2.34. The molecule has 0 saturated heterocycles. The van der Waals surface area contributed by atoms with Gasteiger partial charge < -0.3 is 5.32 Å². The molecule has 1 aromatic rings. The van der Waals surface area contributed by atoms with Crippen LogP contribution in [0.4, 0.5) is 0 Å². The van der Waals surface area contributed by atoms with Gasteiger partial charge in [-0.15, -0.1) is 0 Å². The van der Waals surface area contributed by atoms with Crippen LogP contribution in [0.25, 0.3) is 0 Å². The number of nitrogens with one attached hydrogen (secondary N) is 1. The first-order chi connectivity index (χ1) is 8.19. The van der Waals surface area contributed by atoms with Crippen molar-refractivity contribution >= 4 is 11.8 Å². The molecule has 1 N–H and O–H groups in total. The van der Waals surface area contributed by atoms with Gasteiger partial charge in [0.15, 0.2) is 0 Å². The first-order valence-electron chi connectivity index (χ1n) is 6.60. The Bertz CT molecular complexity index is 305. The minimum atomic E-state index is 0.492. The third-order valence-corrected chi connectivity index (χ3v) is 3.92. The molecule has 96 valence electrons. The van der Waals surface area contributed by atoms with Gasteiger partial charge in [0, 0.05) is 11.8 Å². The summed E-state index contributed by atoms with van der Waals surface area (Å²) in [7, 11) is 0. The van der Waals surface area contributed by atoms with Crippen LogP contribution in [0.15, 0.2) is 24.3 Å². The van der Waals surface area contributed by atoms with Crippen molar-refractivity contribution in [2.75, 3.05) is 18.1 Å². The normalized spacial score (nSPS) is 13.0. The van der Waals surface area contributed by atoms with Crippen LogP contribution in [0.2, 0.25) is 0 Å². The monoisotopic (exact) mass is 251 g/mol. The minimum Gasteiger partial charge on any atom is -0.310 e. The van der Waals surface area contributed by atoms with Gasteiger partial charge in [0.2, 0.25) is 0 Å². The van der Waals surface area contributed by atoms with Gasteiger partial charge in [-0.1, -0.05) is 52.0 Å². The second-order valence-corrected chi connectivity index (χ2v) is 5.91. The molecule has 0 aliphatic carbocycles. The van der Waals surface area contributed by atoms with Crippen LogP contribution in [0.3, 0.4) is 0 Å². The molecule has 0 aromatic heterocycles. The first kappa shape index (κ1) is 14.6. The fourth-order valence-electron chi connectivity index (χ4n) is 1.87. The quantitative estimate of drug-likeness (QED) is 0.779. The van der Waals surface area contributed by atoms with Crippen LogP contribution in [0.1, 0.15) is 50.8 Å². The smallest absolute Gasteiger partial charge is 0.0411 e. The minimum absolute atomic E-state index is 0.492. The van der Waals surface area contributed by atoms with Crippen molar-refractivity contribution < 1.29 is 0 Å². The highest BCUT2D eigenvalue weighted by molar-refractivity contribution is 7.99. The van der Waals surface area contributed by atoms with Gasteiger partial charge in [0.25, 0.3) is 0 Å². The van der Waals surface area contributed by atoms with E-state index in [-0.39, 0.29) is 0 Å². The molecule has 0 spiro atoms. The van der Waals surface area contributed by atoms with Crippen molar-refractivity contribution in [1.82, 2.24) is 5.32 Å². The Labute approximate surface area is 110 Å². The van der Waals surface area contributed by atoms with Gasteiger partial charge in [-0.2, -0.15) is 11.8 Å². The fraction of sp³-hybridized carbons (Fsp3) is 0.600. The van der Waals surface area contributed by atoms with Crippen LogP contribution in [-0.2, 0) is 0 Å². The van der Waals surface area contributed by atoms with Crippen molar-refractivity contribution in [3.8, 4) is 0 Å². The molecule has 0 saturated carbocycles. The number of benzene rings is 1. The summed E-state index contributed by atoms with van der Waals surface area (Å²) >= 11 is 2.00. The molecule has 0 fully saturated rings. The summed E-state index contributed by atoms with van der Waals surface area (Å²) in [5.41, 5.74) is 2.84. The molecule has 0 radical (unpaired) electrons. The lowest BCUT2D eigenvalue weighted by Crippen LogP contribution is -2.23. The van der Waals surface area contributed by atoms with Gasteiger partial charge >= 0.3 is 0 Å². The zero-order valence-electron chi connectivity index (χ0n) is 11.5. The zero-order chi connectivity index (χ0) is 12.7. The summed E-state index contributed by atoms with van der Waals surface area (Å²) in [6, 6.07) is 9.57. The van der Waals surface area contributed by atoms with Gasteiger partial charge in [-0.05, 0) is 29.3 Å². The standard InChI is InChI=1S/C15H25NS/c1-5-16-15(11-17-6-2)14-9-7-13(8-10-14)12(3)4/h7-10,12,15-16H,5-6,11H2,1-4H3. The van der Waals surface area contributed by atoms with Crippen molar-refractivity contribution in [2.45, 2.75) is 39.7 Å². The Morgan fingerprint density at radius 1 is 1.06 bits per heavy atom. The van der Waals surface area contributed by atoms with Crippen LogP contribution in [0, 0.1) is 0 Å². The van der Waals surface area contributed by atoms with E-state index in [4.69, 9.17) is 0 Å². The Hall–Kier alpha value is -0.470. The fourth-order valence-corrected chi connectivity index (χ4v) is 2.65. The largest absolute Gasteiger partial charge is 0.310 e. The average molecular weight is 251 g/mol. The molecule has 1 rings (SSSR count). The highest BCUT2D eigenvalue weighted by Crippen LogP contribution is 2.21. The second kappa shape index (κ2) is 7.78. The summed E-state index contributed by atoms with van der Waals surface area (Å²) in [5.74, 6) is 2.96. The second-order valence-electron chi connectivity index (χ2n) is 4.59. The summed E-state index contributed by atoms with van der Waals surface area (Å²) in [6.07, 6.45) is 0. The Morgan fingerprint density at radius 2 is 1.65 bits per heavy atom. The van der Waals surface area contributed by atoms with Crippen LogP contribution < -0.4 is 5.32 Å². The Balaban J connectivity index is 2.72. The highest BCUT2D eigenvalue weighted by Gasteiger charge is 2.10. The molecule has 2 heteroatoms.